The lowest BCUT2D eigenvalue weighted by atomic mass is 10.2. The van der Waals surface area contributed by atoms with E-state index in [1.54, 1.807) is 0 Å². The molecule has 2 aromatic rings. The molecule has 2 amide bonds. The van der Waals surface area contributed by atoms with Gasteiger partial charge in [-0.05, 0) is 17.2 Å². The third-order valence-electron chi connectivity index (χ3n) is 5.24. The fourth-order valence-electron chi connectivity index (χ4n) is 3.57. The molecule has 2 fully saturated rings. The quantitative estimate of drug-likeness (QED) is 0.531. The van der Waals surface area contributed by atoms with E-state index in [4.69, 9.17) is 12.2 Å². The Bertz CT molecular complexity index is 955. The van der Waals surface area contributed by atoms with Crippen molar-refractivity contribution in [2.45, 2.75) is 6.54 Å². The fourth-order valence-corrected chi connectivity index (χ4v) is 4.82. The minimum absolute atomic E-state index is 0.00941. The molecule has 0 aromatic heterocycles. The predicted octanol–water partition coefficient (Wildman–Crippen LogP) is 3.23. The molecule has 0 spiro atoms. The van der Waals surface area contributed by atoms with Gasteiger partial charge in [-0.15, -0.1) is 0 Å². The van der Waals surface area contributed by atoms with Crippen molar-refractivity contribution in [3.8, 4) is 0 Å². The van der Waals surface area contributed by atoms with E-state index in [2.05, 4.69) is 17.0 Å². The van der Waals surface area contributed by atoms with Crippen LogP contribution in [0.1, 0.15) is 11.1 Å². The van der Waals surface area contributed by atoms with Crippen LogP contribution in [0.4, 0.5) is 0 Å². The lowest BCUT2D eigenvalue weighted by Gasteiger charge is -2.35. The third-order valence-corrected chi connectivity index (χ3v) is 6.62. The molecule has 4 rings (SSSR count). The predicted molar refractivity (Wildman–Crippen MR) is 125 cm³/mol. The number of thiocarbonyl (C=S) groups is 1. The molecule has 2 aliphatic rings. The Kier molecular flexibility index (Phi) is 6.62. The van der Waals surface area contributed by atoms with Crippen LogP contribution in [0.15, 0.2) is 65.6 Å². The van der Waals surface area contributed by atoms with Gasteiger partial charge in [0.05, 0.1) is 4.91 Å². The van der Waals surface area contributed by atoms with Crippen LogP contribution in [-0.2, 0) is 16.1 Å². The van der Waals surface area contributed by atoms with Crippen molar-refractivity contribution in [2.75, 3.05) is 32.7 Å². The Balaban J connectivity index is 1.31. The minimum Gasteiger partial charge on any atom is -0.339 e. The van der Waals surface area contributed by atoms with Crippen LogP contribution in [0, 0.1) is 0 Å². The van der Waals surface area contributed by atoms with Crippen LogP contribution in [-0.4, -0.2) is 63.6 Å². The van der Waals surface area contributed by atoms with E-state index in [-0.39, 0.29) is 18.4 Å². The second-order valence-electron chi connectivity index (χ2n) is 7.32. The molecule has 2 aromatic carbocycles. The smallest absolute Gasteiger partial charge is 0.266 e. The standard InChI is InChI=1S/C23H23N3O2S2/c27-21(25-13-11-24(12-14-25)16-19-9-5-2-6-10-19)17-26-22(28)20(30-23(26)29)15-18-7-3-1-4-8-18/h1-10,15H,11-14,16-17H2. The maximum absolute atomic E-state index is 12.8. The van der Waals surface area contributed by atoms with E-state index in [1.807, 2.05) is 59.5 Å². The van der Waals surface area contributed by atoms with Crippen LogP contribution in [0.25, 0.3) is 6.08 Å². The highest BCUT2D eigenvalue weighted by Gasteiger charge is 2.34. The summed E-state index contributed by atoms with van der Waals surface area (Å²) in [6.07, 6.45) is 1.83. The second-order valence-corrected chi connectivity index (χ2v) is 9.00. The number of thioether (sulfide) groups is 1. The number of hydrogen-bond donors (Lipinski definition) is 0. The molecule has 7 heteroatoms. The zero-order valence-electron chi connectivity index (χ0n) is 16.6. The van der Waals surface area contributed by atoms with Crippen LogP contribution >= 0.6 is 24.0 Å². The molecule has 2 saturated heterocycles. The first-order chi connectivity index (χ1) is 14.6. The van der Waals surface area contributed by atoms with E-state index in [0.717, 1.165) is 25.2 Å². The maximum atomic E-state index is 12.8. The summed E-state index contributed by atoms with van der Waals surface area (Å²) in [6.45, 7) is 3.89. The zero-order chi connectivity index (χ0) is 20.9. The normalized spacial score (nSPS) is 19.0. The molecule has 2 heterocycles. The van der Waals surface area contributed by atoms with Gasteiger partial charge in [0, 0.05) is 32.7 Å². The number of piperazine rings is 1. The number of carbonyl (C=O) groups excluding carboxylic acids is 2. The van der Waals surface area contributed by atoms with Crippen molar-refractivity contribution in [2.24, 2.45) is 0 Å². The first-order valence-corrected chi connectivity index (χ1v) is 11.2. The van der Waals surface area contributed by atoms with Gasteiger partial charge in [-0.25, -0.2) is 0 Å². The highest BCUT2D eigenvalue weighted by molar-refractivity contribution is 8.26. The fraction of sp³-hybridized carbons (Fsp3) is 0.261. The zero-order valence-corrected chi connectivity index (χ0v) is 18.2. The highest BCUT2D eigenvalue weighted by Crippen LogP contribution is 2.32. The topological polar surface area (TPSA) is 43.9 Å². The van der Waals surface area contributed by atoms with Crippen LogP contribution in [0.5, 0.6) is 0 Å². The number of amides is 2. The largest absolute Gasteiger partial charge is 0.339 e. The first kappa shape index (κ1) is 20.8. The summed E-state index contributed by atoms with van der Waals surface area (Å²) in [6, 6.07) is 20.0. The van der Waals surface area contributed by atoms with Gasteiger partial charge >= 0.3 is 0 Å². The van der Waals surface area contributed by atoms with E-state index in [9.17, 15) is 9.59 Å². The van der Waals surface area contributed by atoms with E-state index >= 15 is 0 Å². The van der Waals surface area contributed by atoms with Crippen molar-refractivity contribution in [3.05, 3.63) is 76.7 Å². The lowest BCUT2D eigenvalue weighted by Crippen LogP contribution is -2.51. The maximum Gasteiger partial charge on any atom is 0.266 e. The number of nitrogens with zero attached hydrogens (tertiary/aromatic N) is 3. The average Bonchev–Trinajstić information content (AvgIpc) is 3.03. The summed E-state index contributed by atoms with van der Waals surface area (Å²) in [5, 5.41) is 0. The second kappa shape index (κ2) is 9.55. The first-order valence-electron chi connectivity index (χ1n) is 9.94. The summed E-state index contributed by atoms with van der Waals surface area (Å²) in [7, 11) is 0. The van der Waals surface area contributed by atoms with E-state index in [0.29, 0.717) is 22.3 Å². The van der Waals surface area contributed by atoms with Crippen LogP contribution in [0.2, 0.25) is 0 Å². The molecule has 0 saturated carbocycles. The van der Waals surface area contributed by atoms with Gasteiger partial charge in [0.15, 0.2) is 0 Å². The Morgan fingerprint density at radius 2 is 1.60 bits per heavy atom. The van der Waals surface area contributed by atoms with Crippen molar-refractivity contribution in [1.82, 2.24) is 14.7 Å². The van der Waals surface area contributed by atoms with Crippen molar-refractivity contribution >= 4 is 46.2 Å². The molecular formula is C23H23N3O2S2. The number of rotatable bonds is 5. The molecule has 0 unspecified atom stereocenters. The van der Waals surface area contributed by atoms with E-state index in [1.165, 1.54) is 22.2 Å². The molecule has 5 nitrogen and oxygen atoms in total. The van der Waals surface area contributed by atoms with Gasteiger partial charge in [0.2, 0.25) is 5.91 Å². The number of benzene rings is 2. The van der Waals surface area contributed by atoms with Crippen molar-refractivity contribution < 1.29 is 9.59 Å². The van der Waals surface area contributed by atoms with Gasteiger partial charge in [-0.3, -0.25) is 19.4 Å². The van der Waals surface area contributed by atoms with E-state index < -0.39 is 0 Å². The Labute approximate surface area is 186 Å². The Hall–Kier alpha value is -2.48. The lowest BCUT2D eigenvalue weighted by molar-refractivity contribution is -0.136. The minimum atomic E-state index is -0.190. The monoisotopic (exact) mass is 437 g/mol. The van der Waals surface area contributed by atoms with Gasteiger partial charge in [-0.2, -0.15) is 0 Å². The van der Waals surface area contributed by atoms with Crippen molar-refractivity contribution in [3.63, 3.8) is 0 Å². The molecule has 0 aliphatic carbocycles. The van der Waals surface area contributed by atoms with Crippen LogP contribution in [0.3, 0.4) is 0 Å². The summed E-state index contributed by atoms with van der Waals surface area (Å²) >= 11 is 6.63. The van der Waals surface area contributed by atoms with Gasteiger partial charge in [0.1, 0.15) is 10.9 Å². The molecule has 0 N–H and O–H groups in total. The summed E-state index contributed by atoms with van der Waals surface area (Å²) in [5.74, 6) is -0.239. The molecule has 0 atom stereocenters. The SMILES string of the molecule is O=C(CN1C(=O)C(=Cc2ccccc2)SC1=S)N1CCN(Cc2ccccc2)CC1. The van der Waals surface area contributed by atoms with Gasteiger partial charge in [-0.1, -0.05) is 84.6 Å². The summed E-state index contributed by atoms with van der Waals surface area (Å²) in [5.41, 5.74) is 2.22. The molecule has 0 bridgehead atoms. The van der Waals surface area contributed by atoms with Gasteiger partial charge < -0.3 is 4.90 Å². The average molecular weight is 438 g/mol. The molecule has 2 aliphatic heterocycles. The Morgan fingerprint density at radius 1 is 0.967 bits per heavy atom. The van der Waals surface area contributed by atoms with Crippen molar-refractivity contribution in [1.29, 1.82) is 0 Å². The Morgan fingerprint density at radius 3 is 2.27 bits per heavy atom. The number of carbonyl (C=O) groups is 2. The summed E-state index contributed by atoms with van der Waals surface area (Å²) in [4.78, 5) is 31.7. The number of hydrogen-bond acceptors (Lipinski definition) is 5. The van der Waals surface area contributed by atoms with Crippen LogP contribution < -0.4 is 0 Å². The highest BCUT2D eigenvalue weighted by atomic mass is 32.2. The van der Waals surface area contributed by atoms with Gasteiger partial charge in [0.25, 0.3) is 5.91 Å². The molecule has 30 heavy (non-hydrogen) atoms. The molecule has 0 radical (unpaired) electrons. The molecular weight excluding hydrogens is 414 g/mol. The summed E-state index contributed by atoms with van der Waals surface area (Å²) < 4.78 is 0.443. The molecule has 154 valence electrons. The third kappa shape index (κ3) is 4.98.